The summed E-state index contributed by atoms with van der Waals surface area (Å²) in [5.74, 6) is -0.103. The van der Waals surface area contributed by atoms with E-state index in [1.165, 1.54) is 12.1 Å². The van der Waals surface area contributed by atoms with Gasteiger partial charge >= 0.3 is 0 Å². The van der Waals surface area contributed by atoms with Gasteiger partial charge in [-0.2, -0.15) is 0 Å². The van der Waals surface area contributed by atoms with Crippen molar-refractivity contribution in [2.75, 3.05) is 0 Å². The number of hydrogen-bond donors (Lipinski definition) is 3. The predicted molar refractivity (Wildman–Crippen MR) is 132 cm³/mol. The molecule has 8 nitrogen and oxygen atoms in total. The summed E-state index contributed by atoms with van der Waals surface area (Å²) in [7, 11) is 0. The molecule has 0 amide bonds. The second kappa shape index (κ2) is 8.87. The SMILES string of the molecule is O=[N+]([O-])c1ccc2[nH]c(O)c(C(=Nc3cccc(C=Cc4cnc[nH]4)c3)c3ccccc3)c2c1. The van der Waals surface area contributed by atoms with E-state index in [4.69, 9.17) is 4.99 Å². The molecule has 0 bridgehead atoms. The summed E-state index contributed by atoms with van der Waals surface area (Å²) in [6.45, 7) is 0. The van der Waals surface area contributed by atoms with Gasteiger partial charge in [0.15, 0.2) is 5.88 Å². The average molecular weight is 449 g/mol. The Bertz CT molecular complexity index is 1530. The highest BCUT2D eigenvalue weighted by Crippen LogP contribution is 2.33. The van der Waals surface area contributed by atoms with Crippen LogP contribution in [0.4, 0.5) is 11.4 Å². The fourth-order valence-corrected chi connectivity index (χ4v) is 3.75. The van der Waals surface area contributed by atoms with Crippen LogP contribution in [0.2, 0.25) is 0 Å². The second-order valence-corrected chi connectivity index (χ2v) is 7.60. The number of aromatic amines is 2. The van der Waals surface area contributed by atoms with Gasteiger partial charge in [0.25, 0.3) is 5.69 Å². The molecular weight excluding hydrogens is 430 g/mol. The van der Waals surface area contributed by atoms with E-state index in [1.54, 1.807) is 18.6 Å². The number of nitrogens with one attached hydrogen (secondary N) is 2. The molecule has 0 aliphatic rings. The van der Waals surface area contributed by atoms with Crippen LogP contribution in [0.15, 0.2) is 90.3 Å². The maximum absolute atomic E-state index is 11.4. The smallest absolute Gasteiger partial charge is 0.270 e. The van der Waals surface area contributed by atoms with E-state index in [-0.39, 0.29) is 11.6 Å². The lowest BCUT2D eigenvalue weighted by Gasteiger charge is -2.08. The molecule has 0 unspecified atom stereocenters. The Kier molecular flexibility index (Phi) is 5.45. The molecule has 3 N–H and O–H groups in total. The summed E-state index contributed by atoms with van der Waals surface area (Å²) in [5, 5.41) is 22.7. The molecule has 34 heavy (non-hydrogen) atoms. The quantitative estimate of drug-likeness (QED) is 0.171. The lowest BCUT2D eigenvalue weighted by Crippen LogP contribution is -2.03. The number of fused-ring (bicyclic) bond motifs is 1. The van der Waals surface area contributed by atoms with Crippen molar-refractivity contribution in [2.45, 2.75) is 0 Å². The van der Waals surface area contributed by atoms with Gasteiger partial charge in [0.05, 0.1) is 40.1 Å². The molecule has 3 aromatic carbocycles. The van der Waals surface area contributed by atoms with Gasteiger partial charge in [0.1, 0.15) is 0 Å². The van der Waals surface area contributed by atoms with E-state index >= 15 is 0 Å². The normalized spacial score (nSPS) is 11.9. The molecular formula is C26H19N5O3. The van der Waals surface area contributed by atoms with E-state index in [9.17, 15) is 15.2 Å². The Balaban J connectivity index is 1.66. The highest BCUT2D eigenvalue weighted by Gasteiger charge is 2.20. The van der Waals surface area contributed by atoms with Crippen molar-refractivity contribution in [1.82, 2.24) is 15.0 Å². The van der Waals surface area contributed by atoms with Crippen LogP contribution in [-0.2, 0) is 0 Å². The van der Waals surface area contributed by atoms with Crippen molar-refractivity contribution >= 4 is 40.1 Å². The Hall–Kier alpha value is -4.98. The van der Waals surface area contributed by atoms with Gasteiger partial charge in [-0.1, -0.05) is 48.5 Å². The molecule has 5 rings (SSSR count). The zero-order valence-corrected chi connectivity index (χ0v) is 17.8. The Labute approximate surface area is 194 Å². The third-order valence-electron chi connectivity index (χ3n) is 5.34. The van der Waals surface area contributed by atoms with E-state index in [2.05, 4.69) is 15.0 Å². The van der Waals surface area contributed by atoms with E-state index in [0.717, 1.165) is 16.8 Å². The first kappa shape index (κ1) is 20.9. The molecule has 0 aliphatic heterocycles. The Morgan fingerprint density at radius 3 is 2.65 bits per heavy atom. The lowest BCUT2D eigenvalue weighted by molar-refractivity contribution is -0.384. The van der Waals surface area contributed by atoms with Gasteiger partial charge in [-0.3, -0.25) is 10.1 Å². The van der Waals surface area contributed by atoms with Crippen LogP contribution in [0.25, 0.3) is 23.1 Å². The Morgan fingerprint density at radius 2 is 1.88 bits per heavy atom. The summed E-state index contributed by atoms with van der Waals surface area (Å²) >= 11 is 0. The van der Waals surface area contributed by atoms with Crippen molar-refractivity contribution < 1.29 is 10.0 Å². The van der Waals surface area contributed by atoms with Crippen LogP contribution in [0.3, 0.4) is 0 Å². The number of H-pyrrole nitrogens is 2. The largest absolute Gasteiger partial charge is 0.494 e. The maximum atomic E-state index is 11.4. The average Bonchev–Trinajstić information content (AvgIpc) is 3.49. The Morgan fingerprint density at radius 1 is 1.03 bits per heavy atom. The second-order valence-electron chi connectivity index (χ2n) is 7.60. The minimum Gasteiger partial charge on any atom is -0.494 e. The topological polar surface area (TPSA) is 120 Å². The number of aliphatic imine (C=N–C) groups is 1. The predicted octanol–water partition coefficient (Wildman–Crippen LogP) is 5.84. The lowest BCUT2D eigenvalue weighted by atomic mass is 10.0. The number of aromatic hydroxyl groups is 1. The summed E-state index contributed by atoms with van der Waals surface area (Å²) in [6.07, 6.45) is 7.20. The number of benzene rings is 3. The molecule has 0 aliphatic carbocycles. The third kappa shape index (κ3) is 4.20. The molecule has 2 aromatic heterocycles. The molecule has 0 radical (unpaired) electrons. The zero-order valence-electron chi connectivity index (χ0n) is 17.8. The number of rotatable bonds is 6. The minimum absolute atomic E-state index is 0.0638. The molecule has 0 fully saturated rings. The van der Waals surface area contributed by atoms with E-state index in [0.29, 0.717) is 27.9 Å². The molecule has 0 saturated carbocycles. The van der Waals surface area contributed by atoms with Gasteiger partial charge in [0.2, 0.25) is 0 Å². The van der Waals surface area contributed by atoms with Gasteiger partial charge in [-0.25, -0.2) is 9.98 Å². The van der Waals surface area contributed by atoms with E-state index < -0.39 is 4.92 Å². The number of imidazole rings is 1. The maximum Gasteiger partial charge on any atom is 0.270 e. The highest BCUT2D eigenvalue weighted by molar-refractivity contribution is 6.22. The van der Waals surface area contributed by atoms with Crippen LogP contribution in [-0.4, -0.2) is 30.7 Å². The highest BCUT2D eigenvalue weighted by atomic mass is 16.6. The van der Waals surface area contributed by atoms with Crippen LogP contribution in [0.1, 0.15) is 22.4 Å². The number of nitro groups is 1. The number of nitrogens with zero attached hydrogens (tertiary/aromatic N) is 3. The first-order valence-corrected chi connectivity index (χ1v) is 10.5. The standard InChI is InChI=1S/C26H19N5O3/c32-26-24(22-14-21(31(33)34)11-12-23(22)30-26)25(18-6-2-1-3-7-18)29-19-8-4-5-17(13-19)9-10-20-15-27-16-28-20/h1-16,30,32H,(H,27,28). The van der Waals surface area contributed by atoms with Crippen LogP contribution in [0.5, 0.6) is 5.88 Å². The number of hydrogen-bond acceptors (Lipinski definition) is 5. The molecule has 5 aromatic rings. The monoisotopic (exact) mass is 449 g/mol. The molecule has 2 heterocycles. The minimum atomic E-state index is -0.456. The van der Waals surface area contributed by atoms with Crippen molar-refractivity contribution in [2.24, 2.45) is 4.99 Å². The van der Waals surface area contributed by atoms with Crippen molar-refractivity contribution in [3.8, 4) is 5.88 Å². The number of aromatic nitrogens is 3. The van der Waals surface area contributed by atoms with Crippen LogP contribution in [0, 0.1) is 10.1 Å². The molecule has 0 atom stereocenters. The van der Waals surface area contributed by atoms with Gasteiger partial charge in [0, 0.05) is 28.6 Å². The first-order chi connectivity index (χ1) is 16.6. The molecule has 8 heteroatoms. The summed E-state index contributed by atoms with van der Waals surface area (Å²) in [4.78, 5) is 25.7. The zero-order chi connectivity index (χ0) is 23.5. The number of non-ortho nitro benzene ring substituents is 1. The first-order valence-electron chi connectivity index (χ1n) is 10.5. The van der Waals surface area contributed by atoms with Crippen molar-refractivity contribution in [1.29, 1.82) is 0 Å². The van der Waals surface area contributed by atoms with Crippen LogP contribution >= 0.6 is 0 Å². The van der Waals surface area contributed by atoms with Gasteiger partial charge < -0.3 is 15.1 Å². The fraction of sp³-hybridized carbons (Fsp3) is 0. The van der Waals surface area contributed by atoms with Gasteiger partial charge in [-0.15, -0.1) is 0 Å². The fourth-order valence-electron chi connectivity index (χ4n) is 3.75. The van der Waals surface area contributed by atoms with Gasteiger partial charge in [-0.05, 0) is 29.8 Å². The third-order valence-corrected chi connectivity index (χ3v) is 5.34. The van der Waals surface area contributed by atoms with E-state index in [1.807, 2.05) is 66.7 Å². The molecule has 0 spiro atoms. The molecule has 166 valence electrons. The van der Waals surface area contributed by atoms with Crippen LogP contribution < -0.4 is 0 Å². The van der Waals surface area contributed by atoms with Crippen molar-refractivity contribution in [3.05, 3.63) is 118 Å². The summed E-state index contributed by atoms with van der Waals surface area (Å²) in [6, 6.07) is 21.5. The summed E-state index contributed by atoms with van der Waals surface area (Å²) in [5.41, 5.74) is 4.67. The number of nitro benzene ring substituents is 1. The molecule has 0 saturated heterocycles. The summed E-state index contributed by atoms with van der Waals surface area (Å²) < 4.78 is 0. The van der Waals surface area contributed by atoms with Crippen molar-refractivity contribution in [3.63, 3.8) is 0 Å².